The summed E-state index contributed by atoms with van der Waals surface area (Å²) in [4.78, 5) is 0. The minimum absolute atomic E-state index is 0.936. The van der Waals surface area contributed by atoms with Gasteiger partial charge in [0, 0.05) is 0 Å². The normalized spacial score (nSPS) is 10.6. The molecule has 0 saturated heterocycles. The molecule has 1 rings (SSSR count). The quantitative estimate of drug-likeness (QED) is 0.733. The molecule has 1 aromatic rings. The van der Waals surface area contributed by atoms with Crippen molar-refractivity contribution in [3.8, 4) is 0 Å². The molecular weight excluding hydrogens is 307 g/mol. The van der Waals surface area contributed by atoms with Gasteiger partial charge >= 0.3 is 64.4 Å². The molecule has 0 N–H and O–H groups in total. The van der Waals surface area contributed by atoms with Crippen molar-refractivity contribution in [2.75, 3.05) is 0 Å². The Morgan fingerprint density at radius 2 is 1.78 bits per heavy atom. The molecule has 0 aliphatic rings. The third-order valence-corrected chi connectivity index (χ3v) is 4.58. The van der Waals surface area contributed by atoms with Crippen molar-refractivity contribution in [3.63, 3.8) is 0 Å². The topological polar surface area (TPSA) is 4.93 Å². The summed E-state index contributed by atoms with van der Waals surface area (Å²) in [5.74, 6) is 0. The summed E-state index contributed by atoms with van der Waals surface area (Å²) in [6.45, 7) is 0. The van der Waals surface area contributed by atoms with Crippen LogP contribution in [-0.2, 0) is 4.25 Å². The van der Waals surface area contributed by atoms with Gasteiger partial charge in [0.05, 0.1) is 0 Å². The molecule has 0 atom stereocenters. The van der Waals surface area contributed by atoms with Crippen molar-refractivity contribution < 1.29 is 0 Å². The van der Waals surface area contributed by atoms with Gasteiger partial charge in [-0.2, -0.15) is 0 Å². The zero-order valence-electron chi connectivity index (χ0n) is 5.91. The number of hydrogen-bond acceptors (Lipinski definition) is 0. The van der Waals surface area contributed by atoms with Gasteiger partial charge < -0.3 is 0 Å². The molecule has 1 heterocycles. The average Bonchev–Trinajstić information content (AvgIpc) is 2.15. The van der Waals surface area contributed by atoms with Crippen LogP contribution < -0.4 is 0 Å². The van der Waals surface area contributed by atoms with Gasteiger partial charge in [-0.25, -0.2) is 0 Å². The second-order valence-corrected chi connectivity index (χ2v) is 11.9. The first-order valence-corrected chi connectivity index (χ1v) is 12.5. The molecule has 1 aromatic heterocycles. The molecule has 2 heteroatoms. The number of rotatable bonds is 2. The van der Waals surface area contributed by atoms with Gasteiger partial charge in [0.2, 0.25) is 0 Å². The van der Waals surface area contributed by atoms with Crippen LogP contribution in [0.25, 0.3) is 0 Å². The Hall–Kier alpha value is 0.163. The molecule has 0 aliphatic heterocycles. The zero-order chi connectivity index (χ0) is 6.69. The zero-order valence-corrected chi connectivity index (χ0v) is 9.39. The Kier molecular flexibility index (Phi) is 2.72. The Bertz CT molecular complexity index is 155. The fourth-order valence-electron chi connectivity index (χ4n) is 0.791. The molecule has 1 nitrogen and oxygen atoms in total. The molecule has 0 fully saturated rings. The van der Waals surface area contributed by atoms with Crippen molar-refractivity contribution in [2.45, 2.75) is 13.5 Å². The number of nitrogens with zero attached hydrogens (tertiary/aromatic N) is 1. The molecule has 0 unspecified atom stereocenters. The molecular formula is C7H12BiN. The molecule has 0 aliphatic carbocycles. The van der Waals surface area contributed by atoms with Gasteiger partial charge in [-0.1, -0.05) is 0 Å². The fraction of sp³-hybridized carbons (Fsp3) is 0.429. The van der Waals surface area contributed by atoms with Crippen LogP contribution in [0.2, 0.25) is 9.26 Å². The molecule has 0 amide bonds. The third-order valence-electron chi connectivity index (χ3n) is 1.11. The predicted molar refractivity (Wildman–Crippen MR) is 41.9 cm³/mol. The third kappa shape index (κ3) is 2.49. The summed E-state index contributed by atoms with van der Waals surface area (Å²) >= 11 is -0.936. The molecule has 9 heavy (non-hydrogen) atoms. The molecule has 50 valence electrons. The summed E-state index contributed by atoms with van der Waals surface area (Å²) in [6, 6.07) is 4.18. The van der Waals surface area contributed by atoms with Crippen LogP contribution in [0.15, 0.2) is 24.5 Å². The summed E-state index contributed by atoms with van der Waals surface area (Å²) in [5.41, 5.74) is 0. The van der Waals surface area contributed by atoms with E-state index < -0.39 is 21.8 Å². The summed E-state index contributed by atoms with van der Waals surface area (Å²) < 4.78 is 8.48. The second kappa shape index (κ2) is 3.36. The van der Waals surface area contributed by atoms with E-state index in [4.69, 9.17) is 0 Å². The Labute approximate surface area is 64.4 Å². The van der Waals surface area contributed by atoms with E-state index in [-0.39, 0.29) is 0 Å². The molecule has 0 bridgehead atoms. The molecule has 0 saturated carbocycles. The van der Waals surface area contributed by atoms with Crippen molar-refractivity contribution in [2.24, 2.45) is 0 Å². The molecule has 0 aromatic carbocycles. The summed E-state index contributed by atoms with van der Waals surface area (Å²) in [5, 5.41) is 0. The van der Waals surface area contributed by atoms with Crippen LogP contribution in [0.3, 0.4) is 0 Å². The van der Waals surface area contributed by atoms with Gasteiger partial charge in [0.1, 0.15) is 0 Å². The van der Waals surface area contributed by atoms with Crippen LogP contribution in [0.1, 0.15) is 0 Å². The van der Waals surface area contributed by atoms with E-state index in [2.05, 4.69) is 38.4 Å². The van der Waals surface area contributed by atoms with Gasteiger partial charge in [-0.05, 0) is 0 Å². The van der Waals surface area contributed by atoms with E-state index >= 15 is 0 Å². The van der Waals surface area contributed by atoms with E-state index in [0.29, 0.717) is 0 Å². The van der Waals surface area contributed by atoms with Gasteiger partial charge in [0.15, 0.2) is 0 Å². The van der Waals surface area contributed by atoms with Gasteiger partial charge in [-0.15, -0.1) is 0 Å². The predicted octanol–water partition coefficient (Wildman–Crippen LogP) is 1.78. The first-order chi connectivity index (χ1) is 4.29. The Morgan fingerprint density at radius 3 is 2.22 bits per heavy atom. The molecule has 0 spiro atoms. The van der Waals surface area contributed by atoms with E-state index in [0.717, 1.165) is 0 Å². The van der Waals surface area contributed by atoms with E-state index in [1.807, 2.05) is 0 Å². The maximum atomic E-state index is 2.43. The summed E-state index contributed by atoms with van der Waals surface area (Å²) in [7, 11) is 0. The van der Waals surface area contributed by atoms with Crippen molar-refractivity contribution in [3.05, 3.63) is 24.5 Å². The van der Waals surface area contributed by atoms with E-state index in [9.17, 15) is 0 Å². The van der Waals surface area contributed by atoms with Crippen LogP contribution in [0, 0.1) is 0 Å². The van der Waals surface area contributed by atoms with Crippen LogP contribution in [-0.4, -0.2) is 26.3 Å². The van der Waals surface area contributed by atoms with E-state index in [1.165, 1.54) is 4.25 Å². The van der Waals surface area contributed by atoms with Crippen LogP contribution in [0.4, 0.5) is 0 Å². The molecule has 0 radical (unpaired) electrons. The first kappa shape index (κ1) is 7.27. The van der Waals surface area contributed by atoms with Crippen LogP contribution >= 0.6 is 0 Å². The van der Waals surface area contributed by atoms with Gasteiger partial charge in [0.25, 0.3) is 0 Å². The van der Waals surface area contributed by atoms with E-state index in [1.54, 1.807) is 0 Å². The average molecular weight is 319 g/mol. The number of aromatic nitrogens is 1. The number of hydrogen-bond donors (Lipinski definition) is 0. The second-order valence-electron chi connectivity index (χ2n) is 2.42. The summed E-state index contributed by atoms with van der Waals surface area (Å²) in [6.07, 6.45) is 4.30. The van der Waals surface area contributed by atoms with Crippen molar-refractivity contribution in [1.29, 1.82) is 0 Å². The Morgan fingerprint density at radius 1 is 1.22 bits per heavy atom. The van der Waals surface area contributed by atoms with Crippen LogP contribution in [0.5, 0.6) is 0 Å². The van der Waals surface area contributed by atoms with Crippen molar-refractivity contribution in [1.82, 2.24) is 4.57 Å². The Balaban J connectivity index is 2.48. The SMILES string of the molecule is [CH3][Bi]([CH3])[CH2]n1cccc1. The maximum absolute atomic E-state index is 2.43. The minimum atomic E-state index is -0.936. The standard InChI is InChI=1S/C5H6N.2CH3.Bi/c1-6-4-2-3-5-6;;;/h2-5H,1H2;2*1H3;. The van der Waals surface area contributed by atoms with Crippen molar-refractivity contribution >= 4 is 21.8 Å². The van der Waals surface area contributed by atoms with Gasteiger partial charge in [-0.3, -0.25) is 0 Å². The fourth-order valence-corrected chi connectivity index (χ4v) is 4.06. The monoisotopic (exact) mass is 319 g/mol. The first-order valence-electron chi connectivity index (χ1n) is 3.04.